The largest absolute Gasteiger partial charge is 0.479 e. The van der Waals surface area contributed by atoms with Crippen molar-refractivity contribution in [2.75, 3.05) is 11.5 Å². The average Bonchev–Trinajstić information content (AvgIpc) is 2.03. The van der Waals surface area contributed by atoms with Gasteiger partial charge in [-0.3, -0.25) is 0 Å². The number of carboxylic acid groups (broad SMARTS) is 1. The highest BCUT2D eigenvalue weighted by Gasteiger charge is 2.11. The van der Waals surface area contributed by atoms with Crippen LogP contribution in [0.5, 0.6) is 0 Å². The van der Waals surface area contributed by atoms with E-state index in [2.05, 4.69) is 12.6 Å². The number of hydrogen-bond donors (Lipinski definition) is 3. The van der Waals surface area contributed by atoms with E-state index in [0.29, 0.717) is 5.75 Å². The molecule has 0 amide bonds. The first-order valence-electron chi connectivity index (χ1n) is 3.82. The summed E-state index contributed by atoms with van der Waals surface area (Å²) in [5.74, 6) is 0.405. The molecule has 0 rings (SSSR count). The standard InChI is InChI=1S/C7H14O3S2/c8-6(9)7(10)12-5-3-1-2-4-11/h7,10-11H,1-5H2,(H,8,9). The van der Waals surface area contributed by atoms with Gasteiger partial charge in [0.05, 0.1) is 0 Å². The molecule has 0 bridgehead atoms. The Kier molecular flexibility index (Phi) is 7.85. The minimum absolute atomic E-state index is 0.696. The lowest BCUT2D eigenvalue weighted by molar-refractivity contribution is -0.141. The maximum absolute atomic E-state index is 10.1. The van der Waals surface area contributed by atoms with Crippen molar-refractivity contribution in [2.24, 2.45) is 0 Å². The molecule has 0 aromatic carbocycles. The van der Waals surface area contributed by atoms with Crippen molar-refractivity contribution in [3.8, 4) is 0 Å². The van der Waals surface area contributed by atoms with Gasteiger partial charge in [-0.25, -0.2) is 4.79 Å². The summed E-state index contributed by atoms with van der Waals surface area (Å²) in [7, 11) is 0. The summed E-state index contributed by atoms with van der Waals surface area (Å²) in [4.78, 5) is 10.1. The van der Waals surface area contributed by atoms with Gasteiger partial charge in [-0.1, -0.05) is 6.42 Å². The van der Waals surface area contributed by atoms with Crippen molar-refractivity contribution in [3.05, 3.63) is 0 Å². The minimum atomic E-state index is -1.26. The number of aliphatic hydroxyl groups is 1. The molecule has 0 radical (unpaired) electrons. The van der Waals surface area contributed by atoms with E-state index in [1.165, 1.54) is 0 Å². The van der Waals surface area contributed by atoms with Crippen LogP contribution in [0.4, 0.5) is 0 Å². The van der Waals surface area contributed by atoms with Gasteiger partial charge in [0.1, 0.15) is 0 Å². The summed E-state index contributed by atoms with van der Waals surface area (Å²) in [6.07, 6.45) is 3.03. The van der Waals surface area contributed by atoms with Gasteiger partial charge in [-0.05, 0) is 24.3 Å². The van der Waals surface area contributed by atoms with E-state index in [0.717, 1.165) is 36.8 Å². The Bertz CT molecular complexity index is 130. The lowest BCUT2D eigenvalue weighted by Crippen LogP contribution is -2.15. The minimum Gasteiger partial charge on any atom is -0.479 e. The summed E-state index contributed by atoms with van der Waals surface area (Å²) in [6.45, 7) is 0. The molecule has 12 heavy (non-hydrogen) atoms. The normalized spacial score (nSPS) is 12.8. The first-order chi connectivity index (χ1) is 5.68. The van der Waals surface area contributed by atoms with E-state index < -0.39 is 11.4 Å². The molecule has 0 spiro atoms. The third kappa shape index (κ3) is 6.82. The van der Waals surface area contributed by atoms with Crippen LogP contribution in [0.3, 0.4) is 0 Å². The second kappa shape index (κ2) is 7.76. The zero-order valence-corrected chi connectivity index (χ0v) is 8.48. The predicted octanol–water partition coefficient (Wildman–Crippen LogP) is 1.22. The topological polar surface area (TPSA) is 57.5 Å². The molecule has 1 atom stereocenters. The average molecular weight is 210 g/mol. The maximum atomic E-state index is 10.1. The van der Waals surface area contributed by atoms with E-state index >= 15 is 0 Å². The number of thioether (sulfide) groups is 1. The number of aliphatic hydroxyl groups excluding tert-OH is 1. The molecule has 5 heteroatoms. The summed E-state index contributed by atoms with van der Waals surface area (Å²) >= 11 is 5.11. The highest BCUT2D eigenvalue weighted by molar-refractivity contribution is 8.00. The third-order valence-corrected chi connectivity index (χ3v) is 2.65. The second-order valence-corrected chi connectivity index (χ2v) is 3.98. The zero-order valence-electron chi connectivity index (χ0n) is 6.77. The Labute approximate surface area is 82.0 Å². The quantitative estimate of drug-likeness (QED) is 0.336. The summed E-state index contributed by atoms with van der Waals surface area (Å²) in [5, 5.41) is 17.1. The third-order valence-electron chi connectivity index (χ3n) is 1.29. The van der Waals surface area contributed by atoms with Crippen molar-refractivity contribution < 1.29 is 15.0 Å². The molecule has 0 fully saturated rings. The zero-order chi connectivity index (χ0) is 9.40. The van der Waals surface area contributed by atoms with E-state index in [1.807, 2.05) is 0 Å². The summed E-state index contributed by atoms with van der Waals surface area (Å²) in [5.41, 5.74) is -1.26. The fourth-order valence-corrected chi connectivity index (χ4v) is 1.62. The van der Waals surface area contributed by atoms with Crippen molar-refractivity contribution in [2.45, 2.75) is 24.7 Å². The van der Waals surface area contributed by atoms with Crippen molar-refractivity contribution in [1.29, 1.82) is 0 Å². The Balaban J connectivity index is 3.14. The van der Waals surface area contributed by atoms with Crippen LogP contribution in [0.25, 0.3) is 0 Å². The fourth-order valence-electron chi connectivity index (χ4n) is 0.657. The van der Waals surface area contributed by atoms with Crippen LogP contribution in [-0.2, 0) is 4.79 Å². The van der Waals surface area contributed by atoms with Gasteiger partial charge < -0.3 is 10.2 Å². The Morgan fingerprint density at radius 3 is 2.58 bits per heavy atom. The molecule has 0 aromatic heterocycles. The number of carbonyl (C=O) groups is 1. The van der Waals surface area contributed by atoms with E-state index in [-0.39, 0.29) is 0 Å². The first kappa shape index (κ1) is 12.1. The molecule has 0 aromatic rings. The van der Waals surface area contributed by atoms with Gasteiger partial charge in [0.25, 0.3) is 0 Å². The van der Waals surface area contributed by atoms with Gasteiger partial charge in [-0.15, -0.1) is 11.8 Å². The van der Waals surface area contributed by atoms with E-state index in [9.17, 15) is 4.79 Å². The smallest absolute Gasteiger partial charge is 0.343 e. The highest BCUT2D eigenvalue weighted by atomic mass is 32.2. The van der Waals surface area contributed by atoms with Gasteiger partial charge >= 0.3 is 5.97 Å². The molecule has 0 aliphatic rings. The SMILES string of the molecule is O=C(O)C(O)SCCCCCS. The molecule has 0 saturated carbocycles. The molecular weight excluding hydrogens is 196 g/mol. The molecule has 0 heterocycles. The Morgan fingerprint density at radius 2 is 2.08 bits per heavy atom. The molecular formula is C7H14O3S2. The number of hydrogen-bond acceptors (Lipinski definition) is 4. The summed E-state index contributed by atoms with van der Waals surface area (Å²) < 4.78 is 0. The monoisotopic (exact) mass is 210 g/mol. The fraction of sp³-hybridized carbons (Fsp3) is 0.857. The highest BCUT2D eigenvalue weighted by Crippen LogP contribution is 2.11. The number of unbranched alkanes of at least 4 members (excludes halogenated alkanes) is 2. The number of rotatable bonds is 7. The molecule has 0 aliphatic carbocycles. The summed E-state index contributed by atoms with van der Waals surface area (Å²) in [6, 6.07) is 0. The number of carboxylic acids is 1. The van der Waals surface area contributed by atoms with Crippen LogP contribution in [0.15, 0.2) is 0 Å². The van der Waals surface area contributed by atoms with Crippen LogP contribution < -0.4 is 0 Å². The van der Waals surface area contributed by atoms with Crippen molar-refractivity contribution >= 4 is 30.4 Å². The van der Waals surface area contributed by atoms with Crippen LogP contribution in [-0.4, -0.2) is 33.1 Å². The first-order valence-corrected chi connectivity index (χ1v) is 5.50. The van der Waals surface area contributed by atoms with Gasteiger partial charge in [0.2, 0.25) is 0 Å². The molecule has 0 aliphatic heterocycles. The van der Waals surface area contributed by atoms with E-state index in [1.54, 1.807) is 0 Å². The van der Waals surface area contributed by atoms with Crippen LogP contribution in [0.1, 0.15) is 19.3 Å². The van der Waals surface area contributed by atoms with Crippen molar-refractivity contribution in [3.63, 3.8) is 0 Å². The molecule has 0 saturated heterocycles. The second-order valence-electron chi connectivity index (χ2n) is 2.35. The van der Waals surface area contributed by atoms with Crippen LogP contribution in [0, 0.1) is 0 Å². The van der Waals surface area contributed by atoms with Gasteiger partial charge in [0, 0.05) is 0 Å². The number of thiol groups is 1. The predicted molar refractivity (Wildman–Crippen MR) is 53.8 cm³/mol. The maximum Gasteiger partial charge on any atom is 0.343 e. The van der Waals surface area contributed by atoms with Gasteiger partial charge in [-0.2, -0.15) is 12.6 Å². The lowest BCUT2D eigenvalue weighted by Gasteiger charge is -2.03. The number of aliphatic carboxylic acids is 1. The Morgan fingerprint density at radius 1 is 1.42 bits per heavy atom. The van der Waals surface area contributed by atoms with E-state index in [4.69, 9.17) is 10.2 Å². The Hall–Kier alpha value is 0.130. The van der Waals surface area contributed by atoms with Crippen LogP contribution >= 0.6 is 24.4 Å². The molecule has 2 N–H and O–H groups in total. The van der Waals surface area contributed by atoms with Crippen LogP contribution in [0.2, 0.25) is 0 Å². The molecule has 72 valence electrons. The molecule has 3 nitrogen and oxygen atoms in total. The van der Waals surface area contributed by atoms with Gasteiger partial charge in [0.15, 0.2) is 5.44 Å². The molecule has 1 unspecified atom stereocenters. The lowest BCUT2D eigenvalue weighted by atomic mass is 10.3. The van der Waals surface area contributed by atoms with Crippen molar-refractivity contribution in [1.82, 2.24) is 0 Å².